The third-order valence-corrected chi connectivity index (χ3v) is 5.24. The maximum Gasteiger partial charge on any atom is 0.277 e. The SMILES string of the molecule is CCCN1C(=O)/C(=C/c2cc3c4c(c2)CCCN4CCC3)N=C1C. The summed E-state index contributed by atoms with van der Waals surface area (Å²) >= 11 is 0. The first-order valence-electron chi connectivity index (χ1n) is 9.17. The molecule has 3 aliphatic rings. The number of anilines is 1. The molecule has 0 radical (unpaired) electrons. The van der Waals surface area contributed by atoms with E-state index in [1.807, 2.05) is 13.0 Å². The minimum Gasteiger partial charge on any atom is -0.371 e. The van der Waals surface area contributed by atoms with E-state index in [1.54, 1.807) is 4.90 Å². The number of amides is 1. The summed E-state index contributed by atoms with van der Waals surface area (Å²) in [6.45, 7) is 7.13. The van der Waals surface area contributed by atoms with Gasteiger partial charge in [-0.3, -0.25) is 9.69 Å². The topological polar surface area (TPSA) is 35.9 Å². The number of hydrogen-bond donors (Lipinski definition) is 0. The highest BCUT2D eigenvalue weighted by molar-refractivity contribution is 6.13. The number of rotatable bonds is 3. The van der Waals surface area contributed by atoms with Crippen molar-refractivity contribution >= 4 is 23.5 Å². The van der Waals surface area contributed by atoms with Gasteiger partial charge in [0.2, 0.25) is 0 Å². The molecule has 1 aromatic rings. The first-order chi connectivity index (χ1) is 11.7. The molecule has 3 aliphatic heterocycles. The fraction of sp³-hybridized carbons (Fsp3) is 0.500. The van der Waals surface area contributed by atoms with E-state index in [-0.39, 0.29) is 5.91 Å². The zero-order chi connectivity index (χ0) is 16.7. The summed E-state index contributed by atoms with van der Waals surface area (Å²) < 4.78 is 0. The summed E-state index contributed by atoms with van der Waals surface area (Å²) in [5.74, 6) is 0.862. The maximum absolute atomic E-state index is 12.6. The molecule has 0 saturated carbocycles. The minimum absolute atomic E-state index is 0.0438. The van der Waals surface area contributed by atoms with Crippen molar-refractivity contribution in [3.63, 3.8) is 0 Å². The van der Waals surface area contributed by atoms with Crippen molar-refractivity contribution in [2.24, 2.45) is 4.99 Å². The van der Waals surface area contributed by atoms with Crippen LogP contribution in [0.5, 0.6) is 0 Å². The molecule has 3 heterocycles. The number of hydrogen-bond acceptors (Lipinski definition) is 3. The van der Waals surface area contributed by atoms with Gasteiger partial charge in [0.25, 0.3) is 5.91 Å². The Balaban J connectivity index is 1.70. The molecule has 4 rings (SSSR count). The molecule has 0 atom stereocenters. The quantitative estimate of drug-likeness (QED) is 0.799. The molecule has 0 bridgehead atoms. The van der Waals surface area contributed by atoms with E-state index in [0.29, 0.717) is 5.70 Å². The molecular weight excluding hydrogens is 298 g/mol. The Morgan fingerprint density at radius 1 is 1.17 bits per heavy atom. The smallest absolute Gasteiger partial charge is 0.277 e. The molecule has 4 heteroatoms. The Hall–Kier alpha value is -2.10. The number of carbonyl (C=O) groups is 1. The first-order valence-corrected chi connectivity index (χ1v) is 9.17. The van der Waals surface area contributed by atoms with E-state index < -0.39 is 0 Å². The van der Waals surface area contributed by atoms with Gasteiger partial charge in [0.05, 0.1) is 0 Å². The molecular formula is C20H25N3O. The lowest BCUT2D eigenvalue weighted by Gasteiger charge is -2.37. The molecule has 24 heavy (non-hydrogen) atoms. The van der Waals surface area contributed by atoms with Gasteiger partial charge in [-0.1, -0.05) is 6.92 Å². The van der Waals surface area contributed by atoms with Gasteiger partial charge >= 0.3 is 0 Å². The van der Waals surface area contributed by atoms with Crippen LogP contribution in [0.25, 0.3) is 6.08 Å². The fourth-order valence-electron chi connectivity index (χ4n) is 4.22. The summed E-state index contributed by atoms with van der Waals surface area (Å²) in [5, 5.41) is 0. The molecule has 0 N–H and O–H groups in total. The van der Waals surface area contributed by atoms with Crippen molar-refractivity contribution in [2.45, 2.75) is 46.0 Å². The summed E-state index contributed by atoms with van der Waals surface area (Å²) in [4.78, 5) is 21.4. The Bertz CT molecular complexity index is 716. The van der Waals surface area contributed by atoms with Gasteiger partial charge < -0.3 is 4.90 Å². The lowest BCUT2D eigenvalue weighted by Crippen LogP contribution is -2.34. The van der Waals surface area contributed by atoms with Crippen LogP contribution in [0.1, 0.15) is 49.8 Å². The second-order valence-corrected chi connectivity index (χ2v) is 7.03. The largest absolute Gasteiger partial charge is 0.371 e. The lowest BCUT2D eigenvalue weighted by atomic mass is 9.90. The second-order valence-electron chi connectivity index (χ2n) is 7.03. The van der Waals surface area contributed by atoms with E-state index in [2.05, 4.69) is 28.9 Å². The second kappa shape index (κ2) is 6.08. The molecule has 0 saturated heterocycles. The fourth-order valence-corrected chi connectivity index (χ4v) is 4.22. The van der Waals surface area contributed by atoms with Crippen molar-refractivity contribution in [2.75, 3.05) is 24.5 Å². The highest BCUT2D eigenvalue weighted by atomic mass is 16.2. The van der Waals surface area contributed by atoms with Gasteiger partial charge in [0, 0.05) is 25.3 Å². The number of benzene rings is 1. The highest BCUT2D eigenvalue weighted by Crippen LogP contribution is 2.36. The highest BCUT2D eigenvalue weighted by Gasteiger charge is 2.27. The van der Waals surface area contributed by atoms with Crippen LogP contribution in [0.3, 0.4) is 0 Å². The van der Waals surface area contributed by atoms with E-state index in [0.717, 1.165) is 37.2 Å². The van der Waals surface area contributed by atoms with Gasteiger partial charge in [-0.2, -0.15) is 0 Å². The average molecular weight is 323 g/mol. The summed E-state index contributed by atoms with van der Waals surface area (Å²) in [5.41, 5.74) is 6.07. The van der Waals surface area contributed by atoms with Crippen molar-refractivity contribution < 1.29 is 4.79 Å². The Labute approximate surface area is 143 Å². The Morgan fingerprint density at radius 3 is 2.46 bits per heavy atom. The summed E-state index contributed by atoms with van der Waals surface area (Å²) in [6.07, 6.45) is 7.68. The van der Waals surface area contributed by atoms with Crippen LogP contribution in [-0.2, 0) is 17.6 Å². The predicted molar refractivity (Wildman–Crippen MR) is 98.4 cm³/mol. The molecule has 0 aromatic heterocycles. The Kier molecular flexibility index (Phi) is 3.91. The van der Waals surface area contributed by atoms with Crippen LogP contribution in [0.15, 0.2) is 22.8 Å². The molecule has 126 valence electrons. The van der Waals surface area contributed by atoms with E-state index in [4.69, 9.17) is 0 Å². The van der Waals surface area contributed by atoms with Crippen molar-refractivity contribution in [1.82, 2.24) is 4.90 Å². The molecule has 1 amide bonds. The van der Waals surface area contributed by atoms with Crippen LogP contribution < -0.4 is 4.90 Å². The monoisotopic (exact) mass is 323 g/mol. The van der Waals surface area contributed by atoms with E-state index >= 15 is 0 Å². The van der Waals surface area contributed by atoms with E-state index in [9.17, 15) is 4.79 Å². The van der Waals surface area contributed by atoms with Gasteiger partial charge in [-0.25, -0.2) is 4.99 Å². The van der Waals surface area contributed by atoms with Crippen LogP contribution in [0.2, 0.25) is 0 Å². The molecule has 0 unspecified atom stereocenters. The normalized spacial score (nSPS) is 21.3. The van der Waals surface area contributed by atoms with Gasteiger partial charge in [0.15, 0.2) is 0 Å². The van der Waals surface area contributed by atoms with Crippen LogP contribution >= 0.6 is 0 Å². The number of aliphatic imine (C=N–C) groups is 1. The summed E-state index contributed by atoms with van der Waals surface area (Å²) in [7, 11) is 0. The van der Waals surface area contributed by atoms with Crippen molar-refractivity contribution in [3.05, 3.63) is 34.5 Å². The summed E-state index contributed by atoms with van der Waals surface area (Å²) in [6, 6.07) is 4.54. The van der Waals surface area contributed by atoms with Crippen LogP contribution in [0.4, 0.5) is 5.69 Å². The maximum atomic E-state index is 12.6. The molecule has 0 spiro atoms. The Morgan fingerprint density at radius 2 is 1.83 bits per heavy atom. The molecule has 1 aromatic carbocycles. The third kappa shape index (κ3) is 2.54. The zero-order valence-corrected chi connectivity index (χ0v) is 14.6. The van der Waals surface area contributed by atoms with Crippen LogP contribution in [-0.4, -0.2) is 36.3 Å². The predicted octanol–water partition coefficient (Wildman–Crippen LogP) is 3.40. The first kappa shape index (κ1) is 15.4. The number of nitrogens with zero attached hydrogens (tertiary/aromatic N) is 3. The van der Waals surface area contributed by atoms with Gasteiger partial charge in [0.1, 0.15) is 11.5 Å². The molecule has 0 fully saturated rings. The number of aryl methyl sites for hydroxylation is 2. The molecule has 4 nitrogen and oxygen atoms in total. The van der Waals surface area contributed by atoms with Gasteiger partial charge in [-0.05, 0) is 73.9 Å². The number of carbonyl (C=O) groups excluding carboxylic acids is 1. The average Bonchev–Trinajstić information content (AvgIpc) is 2.83. The lowest BCUT2D eigenvalue weighted by molar-refractivity contribution is -0.122. The van der Waals surface area contributed by atoms with Crippen LogP contribution in [0, 0.1) is 0 Å². The van der Waals surface area contributed by atoms with Crippen molar-refractivity contribution in [3.8, 4) is 0 Å². The standard InChI is InChI=1S/C20H25N3O/c1-3-8-23-14(2)21-18(20(23)24)13-15-11-16-6-4-9-22-10-5-7-17(12-15)19(16)22/h11-13H,3-10H2,1-2H3/b18-13-. The van der Waals surface area contributed by atoms with E-state index in [1.165, 1.54) is 42.7 Å². The third-order valence-electron chi connectivity index (χ3n) is 5.24. The zero-order valence-electron chi connectivity index (χ0n) is 14.6. The van der Waals surface area contributed by atoms with Gasteiger partial charge in [-0.15, -0.1) is 0 Å². The van der Waals surface area contributed by atoms with Crippen molar-refractivity contribution in [1.29, 1.82) is 0 Å². The number of amidine groups is 1. The molecule has 0 aliphatic carbocycles. The minimum atomic E-state index is 0.0438.